The monoisotopic (exact) mass is 746 g/mol. The maximum absolute atomic E-state index is 12.9. The molecule has 7 heteroatoms. The number of nitrogens with zero attached hydrogens (tertiary/aromatic N) is 2. The fourth-order valence-electron chi connectivity index (χ4n) is 6.49. The van der Waals surface area contributed by atoms with Crippen molar-refractivity contribution in [3.8, 4) is 5.75 Å². The van der Waals surface area contributed by atoms with Gasteiger partial charge in [0, 0.05) is 70.2 Å². The molecule has 2 aromatic rings. The topological polar surface area (TPSA) is 32.5 Å². The molecule has 0 saturated heterocycles. The fraction of sp³-hybridized carbons (Fsp3) is 0.543. The van der Waals surface area contributed by atoms with Gasteiger partial charge in [0.2, 0.25) is 5.69 Å². The Morgan fingerprint density at radius 2 is 1.60 bits per heavy atom. The van der Waals surface area contributed by atoms with Crippen LogP contribution in [-0.4, -0.2) is 36.4 Å². The van der Waals surface area contributed by atoms with Crippen LogP contribution in [0.1, 0.15) is 103 Å². The Kier molecular flexibility index (Phi) is 15.1. The standard InChI is InChI=1S/C30H38ClN2O2.C5H10.Fe.HI/c1-6-30(4)25-19-23(31)15-17-26(25)32(5)28(30)18-14-21-13-16-24(33(7-2)8-3)20-27(21)35-29(34)22-11-9-10-12-22;1-2-4-5-3-1;;/h13-20,22H,6-12H2,1-5H3;1-5H2;;1H/q+1;;;/p-1. The van der Waals surface area contributed by atoms with Crippen molar-refractivity contribution in [3.05, 3.63) is 58.6 Å². The Morgan fingerprint density at radius 1 is 0.976 bits per heavy atom. The molecule has 5 rings (SSSR count). The molecule has 4 nitrogen and oxygen atoms in total. The Labute approximate surface area is 286 Å². The average molecular weight is 747 g/mol. The van der Waals surface area contributed by atoms with Gasteiger partial charge in [-0.3, -0.25) is 4.79 Å². The van der Waals surface area contributed by atoms with E-state index in [1.807, 2.05) is 12.1 Å². The molecule has 2 fully saturated rings. The normalized spacial score (nSPS) is 19.6. The van der Waals surface area contributed by atoms with Crippen LogP contribution in [0.25, 0.3) is 6.08 Å². The van der Waals surface area contributed by atoms with Crippen LogP contribution >= 0.6 is 11.6 Å². The van der Waals surface area contributed by atoms with Crippen molar-refractivity contribution in [2.45, 2.75) is 97.3 Å². The quantitative estimate of drug-likeness (QED) is 0.104. The van der Waals surface area contributed by atoms with Crippen LogP contribution in [0.15, 0.2) is 42.5 Å². The summed E-state index contributed by atoms with van der Waals surface area (Å²) in [7, 11) is 2.11. The second-order valence-corrected chi connectivity index (χ2v) is 12.1. The second-order valence-electron chi connectivity index (χ2n) is 11.7. The van der Waals surface area contributed by atoms with Crippen LogP contribution in [-0.2, 0) is 27.3 Å². The number of hydrogen-bond acceptors (Lipinski definition) is 3. The van der Waals surface area contributed by atoms with E-state index in [9.17, 15) is 4.79 Å². The summed E-state index contributed by atoms with van der Waals surface area (Å²) < 4.78 is 8.30. The van der Waals surface area contributed by atoms with Crippen LogP contribution in [0.2, 0.25) is 5.02 Å². The van der Waals surface area contributed by atoms with Crippen LogP contribution < -0.4 is 33.6 Å². The minimum absolute atomic E-state index is 0. The van der Waals surface area contributed by atoms with E-state index in [0.717, 1.165) is 61.5 Å². The molecule has 0 aromatic heterocycles. The third-order valence-corrected chi connectivity index (χ3v) is 9.48. The summed E-state index contributed by atoms with van der Waals surface area (Å²) in [4.78, 5) is 15.2. The zero-order valence-corrected chi connectivity index (χ0v) is 30.0. The van der Waals surface area contributed by atoms with E-state index in [1.165, 1.54) is 49.1 Å². The number of esters is 1. The summed E-state index contributed by atoms with van der Waals surface area (Å²) in [6, 6.07) is 12.4. The van der Waals surface area contributed by atoms with E-state index in [4.69, 9.17) is 16.3 Å². The van der Waals surface area contributed by atoms with Crippen molar-refractivity contribution < 1.29 is 55.2 Å². The molecule has 0 amide bonds. The van der Waals surface area contributed by atoms with Crippen LogP contribution in [0.5, 0.6) is 5.75 Å². The van der Waals surface area contributed by atoms with Crippen LogP contribution in [0.4, 0.5) is 11.4 Å². The fourth-order valence-corrected chi connectivity index (χ4v) is 6.66. The van der Waals surface area contributed by atoms with Crippen molar-refractivity contribution in [1.82, 2.24) is 0 Å². The molecule has 2 saturated carbocycles. The van der Waals surface area contributed by atoms with Gasteiger partial charge in [-0.1, -0.05) is 63.5 Å². The Hall–Kier alpha value is -1.34. The number of fused-ring (bicyclic) bond motifs is 1. The van der Waals surface area contributed by atoms with Crippen molar-refractivity contribution in [3.63, 3.8) is 0 Å². The van der Waals surface area contributed by atoms with Crippen molar-refractivity contribution in [1.29, 1.82) is 0 Å². The second kappa shape index (κ2) is 17.2. The van der Waals surface area contributed by atoms with E-state index in [2.05, 4.69) is 80.6 Å². The molecule has 3 aliphatic rings. The van der Waals surface area contributed by atoms with Gasteiger partial charge in [-0.15, -0.1) is 0 Å². The van der Waals surface area contributed by atoms with Gasteiger partial charge in [-0.2, -0.15) is 4.58 Å². The molecule has 0 bridgehead atoms. The third-order valence-electron chi connectivity index (χ3n) is 9.24. The Balaban J connectivity index is 0.000000797. The molecule has 1 heterocycles. The largest absolute Gasteiger partial charge is 1.00 e. The summed E-state index contributed by atoms with van der Waals surface area (Å²) in [6.07, 6.45) is 16.8. The molecule has 0 radical (unpaired) electrons. The third kappa shape index (κ3) is 8.43. The first-order valence-corrected chi connectivity index (χ1v) is 15.9. The number of halogens is 2. The predicted octanol–water partition coefficient (Wildman–Crippen LogP) is 6.34. The molecule has 1 aliphatic heterocycles. The number of rotatable bonds is 8. The van der Waals surface area contributed by atoms with Crippen molar-refractivity contribution in [2.75, 3.05) is 25.0 Å². The minimum Gasteiger partial charge on any atom is -1.00 e. The molecule has 1 unspecified atom stereocenters. The molecule has 0 spiro atoms. The molecular weight excluding hydrogens is 699 g/mol. The van der Waals surface area contributed by atoms with E-state index in [-0.39, 0.29) is 58.3 Å². The van der Waals surface area contributed by atoms with Gasteiger partial charge >= 0.3 is 5.97 Å². The maximum Gasteiger partial charge on any atom is 0.314 e. The van der Waals surface area contributed by atoms with E-state index in [0.29, 0.717) is 5.75 Å². The molecule has 42 heavy (non-hydrogen) atoms. The minimum atomic E-state index is -0.146. The zero-order valence-electron chi connectivity index (χ0n) is 26.0. The molecule has 1 atom stereocenters. The number of carbonyl (C=O) groups is 1. The van der Waals surface area contributed by atoms with Gasteiger partial charge < -0.3 is 33.6 Å². The Morgan fingerprint density at radius 3 is 2.17 bits per heavy atom. The number of allylic oxidation sites excluding steroid dienone is 1. The number of benzene rings is 2. The van der Waals surface area contributed by atoms with Gasteiger partial charge in [0.1, 0.15) is 12.8 Å². The summed E-state index contributed by atoms with van der Waals surface area (Å²) in [5.74, 6) is 0.560. The summed E-state index contributed by atoms with van der Waals surface area (Å²) >= 11 is 6.36. The van der Waals surface area contributed by atoms with E-state index >= 15 is 0 Å². The molecule has 2 aliphatic carbocycles. The van der Waals surface area contributed by atoms with Gasteiger partial charge in [0.15, 0.2) is 5.71 Å². The van der Waals surface area contributed by atoms with Gasteiger partial charge in [-0.05, 0) is 70.4 Å². The number of hydrogen-bond donors (Lipinski definition) is 0. The first-order valence-electron chi connectivity index (χ1n) is 15.5. The molecular formula is C35H48ClFeIN2O2. The molecule has 232 valence electrons. The van der Waals surface area contributed by atoms with Gasteiger partial charge in [0.05, 0.1) is 11.3 Å². The average Bonchev–Trinajstić information content (AvgIpc) is 3.74. The smallest absolute Gasteiger partial charge is 0.314 e. The SMILES string of the molecule is C1CCCC1.CCN(CC)c1ccc(/C=C/C2=[N+](C)c3ccc(Cl)cc3C2(C)CC)c(OC(=O)C2CCCC2)c1.[Fe].[I-]. The van der Waals surface area contributed by atoms with Crippen molar-refractivity contribution in [2.24, 2.45) is 5.92 Å². The summed E-state index contributed by atoms with van der Waals surface area (Å²) in [5.41, 5.74) is 5.49. The molecule has 2 aromatic carbocycles. The summed E-state index contributed by atoms with van der Waals surface area (Å²) in [5, 5.41) is 0.759. The first-order chi connectivity index (χ1) is 19.3. The number of carbonyl (C=O) groups excluding carboxylic acids is 1. The van der Waals surface area contributed by atoms with Crippen LogP contribution in [0, 0.1) is 5.92 Å². The predicted molar refractivity (Wildman–Crippen MR) is 170 cm³/mol. The zero-order chi connectivity index (χ0) is 28.7. The van der Waals surface area contributed by atoms with E-state index in [1.54, 1.807) is 0 Å². The van der Waals surface area contributed by atoms with Crippen LogP contribution in [0.3, 0.4) is 0 Å². The Bertz CT molecular complexity index is 1240. The van der Waals surface area contributed by atoms with Gasteiger partial charge in [0.25, 0.3) is 0 Å². The van der Waals surface area contributed by atoms with E-state index < -0.39 is 0 Å². The maximum atomic E-state index is 12.9. The molecule has 0 N–H and O–H groups in total. The van der Waals surface area contributed by atoms with Gasteiger partial charge in [-0.25, -0.2) is 0 Å². The number of ether oxygens (including phenoxy) is 1. The summed E-state index contributed by atoms with van der Waals surface area (Å²) in [6.45, 7) is 10.6. The first kappa shape index (κ1) is 36.8. The number of anilines is 1. The van der Waals surface area contributed by atoms with Crippen molar-refractivity contribution >= 4 is 40.7 Å².